The van der Waals surface area contributed by atoms with Crippen molar-refractivity contribution in [2.75, 3.05) is 18.5 Å². The van der Waals surface area contributed by atoms with E-state index < -0.39 is 18.5 Å². The minimum absolute atomic E-state index is 0.211. The number of aryl methyl sites for hydroxylation is 5. The molecule has 31 heavy (non-hydrogen) atoms. The SMILES string of the molecule is Cc1cc(C)c(NC(=O)CNC(=O)COC(=O)c2ccc3[nH]c(C)c(C)c3c2)c(C)c1. The van der Waals surface area contributed by atoms with Crippen LogP contribution in [-0.2, 0) is 14.3 Å². The van der Waals surface area contributed by atoms with E-state index in [1.54, 1.807) is 12.1 Å². The molecule has 2 aromatic carbocycles. The van der Waals surface area contributed by atoms with Gasteiger partial charge in [-0.05, 0) is 69.5 Å². The number of H-pyrrole nitrogens is 1. The summed E-state index contributed by atoms with van der Waals surface area (Å²) in [5.41, 5.74) is 7.17. The number of aromatic amines is 1. The number of nitrogens with one attached hydrogen (secondary N) is 3. The highest BCUT2D eigenvalue weighted by Crippen LogP contribution is 2.23. The highest BCUT2D eigenvalue weighted by Gasteiger charge is 2.14. The number of hydrogen-bond donors (Lipinski definition) is 3. The van der Waals surface area contributed by atoms with Crippen LogP contribution < -0.4 is 10.6 Å². The van der Waals surface area contributed by atoms with E-state index in [2.05, 4.69) is 15.6 Å². The molecule has 0 spiro atoms. The fraction of sp³-hybridized carbons (Fsp3) is 0.292. The maximum absolute atomic E-state index is 12.3. The summed E-state index contributed by atoms with van der Waals surface area (Å²) in [4.78, 5) is 39.7. The van der Waals surface area contributed by atoms with Crippen LogP contribution in [0.4, 0.5) is 5.69 Å². The van der Waals surface area contributed by atoms with Crippen LogP contribution in [0.5, 0.6) is 0 Å². The second-order valence-electron chi connectivity index (χ2n) is 7.81. The number of carbonyl (C=O) groups is 3. The van der Waals surface area contributed by atoms with E-state index in [-0.39, 0.29) is 12.5 Å². The standard InChI is InChI=1S/C24H27N3O4/c1-13-8-14(2)23(15(3)9-13)27-21(28)11-25-22(29)12-31-24(30)18-6-7-20-19(10-18)16(4)17(5)26-20/h6-10,26H,11-12H2,1-5H3,(H,25,29)(H,27,28). The van der Waals surface area contributed by atoms with Gasteiger partial charge < -0.3 is 20.4 Å². The van der Waals surface area contributed by atoms with Gasteiger partial charge in [0.1, 0.15) is 0 Å². The largest absolute Gasteiger partial charge is 0.452 e. The molecular formula is C24H27N3O4. The molecule has 3 N–H and O–H groups in total. The van der Waals surface area contributed by atoms with Gasteiger partial charge in [0, 0.05) is 22.3 Å². The Morgan fingerprint density at radius 1 is 0.935 bits per heavy atom. The molecule has 0 aliphatic heterocycles. The van der Waals surface area contributed by atoms with Crippen LogP contribution >= 0.6 is 0 Å². The van der Waals surface area contributed by atoms with E-state index in [4.69, 9.17) is 4.74 Å². The van der Waals surface area contributed by atoms with Crippen molar-refractivity contribution in [2.45, 2.75) is 34.6 Å². The Kier molecular flexibility index (Phi) is 6.44. The number of anilines is 1. The number of fused-ring (bicyclic) bond motifs is 1. The number of benzene rings is 2. The molecule has 7 heteroatoms. The van der Waals surface area contributed by atoms with Gasteiger partial charge >= 0.3 is 5.97 Å². The number of amides is 2. The van der Waals surface area contributed by atoms with Gasteiger partial charge in [-0.3, -0.25) is 9.59 Å². The zero-order chi connectivity index (χ0) is 22.7. The number of esters is 1. The maximum atomic E-state index is 12.3. The van der Waals surface area contributed by atoms with Crippen LogP contribution in [0.2, 0.25) is 0 Å². The Morgan fingerprint density at radius 2 is 1.61 bits per heavy atom. The molecule has 0 radical (unpaired) electrons. The van der Waals surface area contributed by atoms with Crippen molar-refractivity contribution in [1.29, 1.82) is 0 Å². The molecule has 0 aliphatic carbocycles. The predicted octanol–water partition coefficient (Wildman–Crippen LogP) is 3.62. The topological polar surface area (TPSA) is 100 Å². The van der Waals surface area contributed by atoms with Crippen LogP contribution in [0, 0.1) is 34.6 Å². The maximum Gasteiger partial charge on any atom is 0.338 e. The van der Waals surface area contributed by atoms with Crippen LogP contribution in [0.1, 0.15) is 38.3 Å². The first-order valence-electron chi connectivity index (χ1n) is 10.1. The second-order valence-corrected chi connectivity index (χ2v) is 7.81. The third-order valence-corrected chi connectivity index (χ3v) is 5.27. The summed E-state index contributed by atoms with van der Waals surface area (Å²) >= 11 is 0. The lowest BCUT2D eigenvalue weighted by Crippen LogP contribution is -2.35. The summed E-state index contributed by atoms with van der Waals surface area (Å²) in [6.07, 6.45) is 0. The molecular weight excluding hydrogens is 394 g/mol. The first-order valence-corrected chi connectivity index (χ1v) is 10.1. The summed E-state index contributed by atoms with van der Waals surface area (Å²) < 4.78 is 5.09. The van der Waals surface area contributed by atoms with Crippen molar-refractivity contribution in [3.05, 3.63) is 63.8 Å². The van der Waals surface area contributed by atoms with Crippen LogP contribution in [0.3, 0.4) is 0 Å². The Hall–Kier alpha value is -3.61. The number of ether oxygens (including phenoxy) is 1. The van der Waals surface area contributed by atoms with E-state index in [0.29, 0.717) is 5.56 Å². The van der Waals surface area contributed by atoms with Crippen LogP contribution in [0.25, 0.3) is 10.9 Å². The van der Waals surface area contributed by atoms with Gasteiger partial charge in [-0.1, -0.05) is 17.7 Å². The molecule has 3 rings (SSSR count). The third kappa shape index (κ3) is 5.12. The molecule has 0 saturated carbocycles. The van der Waals surface area contributed by atoms with Gasteiger partial charge in [-0.2, -0.15) is 0 Å². The fourth-order valence-corrected chi connectivity index (χ4v) is 3.59. The van der Waals surface area contributed by atoms with Gasteiger partial charge in [0.25, 0.3) is 5.91 Å². The molecule has 3 aromatic rings. The summed E-state index contributed by atoms with van der Waals surface area (Å²) in [5, 5.41) is 6.22. The molecule has 0 unspecified atom stereocenters. The summed E-state index contributed by atoms with van der Waals surface area (Å²) in [7, 11) is 0. The quantitative estimate of drug-likeness (QED) is 0.529. The molecule has 1 aromatic heterocycles. The molecule has 2 amide bonds. The lowest BCUT2D eigenvalue weighted by atomic mass is 10.1. The first-order chi connectivity index (χ1) is 14.7. The number of carbonyl (C=O) groups excluding carboxylic acids is 3. The Labute approximate surface area is 181 Å². The van der Waals surface area contributed by atoms with Crippen molar-refractivity contribution in [3.63, 3.8) is 0 Å². The van der Waals surface area contributed by atoms with E-state index in [0.717, 1.165) is 44.5 Å². The van der Waals surface area contributed by atoms with E-state index in [1.807, 2.05) is 52.8 Å². The third-order valence-electron chi connectivity index (χ3n) is 5.27. The van der Waals surface area contributed by atoms with E-state index >= 15 is 0 Å². The summed E-state index contributed by atoms with van der Waals surface area (Å²) in [5.74, 6) is -1.49. The minimum Gasteiger partial charge on any atom is -0.452 e. The summed E-state index contributed by atoms with van der Waals surface area (Å²) in [6.45, 7) is 9.10. The van der Waals surface area contributed by atoms with Gasteiger partial charge in [0.05, 0.1) is 12.1 Å². The first kappa shape index (κ1) is 22.1. The second kappa shape index (κ2) is 9.04. The lowest BCUT2D eigenvalue weighted by Gasteiger charge is -2.13. The zero-order valence-corrected chi connectivity index (χ0v) is 18.4. The molecule has 0 atom stereocenters. The van der Waals surface area contributed by atoms with Gasteiger partial charge in [0.15, 0.2) is 6.61 Å². The van der Waals surface area contributed by atoms with Crippen molar-refractivity contribution in [1.82, 2.24) is 10.3 Å². The average Bonchev–Trinajstić information content (AvgIpc) is 3.00. The summed E-state index contributed by atoms with van der Waals surface area (Å²) in [6, 6.07) is 9.17. The Bertz CT molecular complexity index is 1150. The predicted molar refractivity (Wildman–Crippen MR) is 120 cm³/mol. The van der Waals surface area contributed by atoms with Crippen molar-refractivity contribution in [3.8, 4) is 0 Å². The molecule has 0 fully saturated rings. The monoisotopic (exact) mass is 421 g/mol. The fourth-order valence-electron chi connectivity index (χ4n) is 3.59. The van der Waals surface area contributed by atoms with Crippen LogP contribution in [-0.4, -0.2) is 35.9 Å². The van der Waals surface area contributed by atoms with E-state index in [1.165, 1.54) is 0 Å². The Morgan fingerprint density at radius 3 is 2.29 bits per heavy atom. The molecule has 7 nitrogen and oxygen atoms in total. The van der Waals surface area contributed by atoms with Crippen LogP contribution in [0.15, 0.2) is 30.3 Å². The molecule has 0 aliphatic rings. The highest BCUT2D eigenvalue weighted by atomic mass is 16.5. The average molecular weight is 421 g/mol. The minimum atomic E-state index is -0.592. The molecule has 0 saturated heterocycles. The highest BCUT2D eigenvalue weighted by molar-refractivity contribution is 5.98. The van der Waals surface area contributed by atoms with E-state index in [9.17, 15) is 14.4 Å². The molecule has 162 valence electrons. The molecule has 0 bridgehead atoms. The number of hydrogen-bond acceptors (Lipinski definition) is 4. The van der Waals surface area contributed by atoms with Gasteiger partial charge in [-0.25, -0.2) is 4.79 Å². The zero-order valence-electron chi connectivity index (χ0n) is 18.4. The van der Waals surface area contributed by atoms with Crippen molar-refractivity contribution >= 4 is 34.4 Å². The van der Waals surface area contributed by atoms with Gasteiger partial charge in [0.2, 0.25) is 5.91 Å². The normalized spacial score (nSPS) is 10.7. The van der Waals surface area contributed by atoms with Crippen molar-refractivity contribution in [2.24, 2.45) is 0 Å². The van der Waals surface area contributed by atoms with Crippen molar-refractivity contribution < 1.29 is 19.1 Å². The van der Waals surface area contributed by atoms with Gasteiger partial charge in [-0.15, -0.1) is 0 Å². The molecule has 1 heterocycles. The lowest BCUT2D eigenvalue weighted by molar-refractivity contribution is -0.126. The number of rotatable bonds is 6. The Balaban J connectivity index is 1.50. The number of aromatic nitrogens is 1. The smallest absolute Gasteiger partial charge is 0.338 e.